The molecule has 1 saturated carbocycles. The summed E-state index contributed by atoms with van der Waals surface area (Å²) in [7, 11) is 2.87. The van der Waals surface area contributed by atoms with Gasteiger partial charge >= 0.3 is 5.97 Å². The van der Waals surface area contributed by atoms with Gasteiger partial charge < -0.3 is 14.4 Å². The van der Waals surface area contributed by atoms with Crippen LogP contribution in [0.2, 0.25) is 0 Å². The second kappa shape index (κ2) is 9.28. The predicted octanol–water partition coefficient (Wildman–Crippen LogP) is 2.88. The number of hydrogen-bond acceptors (Lipinski definition) is 4. The normalized spacial score (nSPS) is 30.1. The number of rotatable bonds is 8. The van der Waals surface area contributed by atoms with Crippen LogP contribution >= 0.6 is 17.8 Å². The second-order valence-corrected chi connectivity index (χ2v) is 8.43. The first-order valence-corrected chi connectivity index (χ1v) is 10.4. The lowest BCUT2D eigenvalue weighted by Crippen LogP contribution is -2.20. The molecule has 1 N–H and O–H groups in total. The van der Waals surface area contributed by atoms with Crippen molar-refractivity contribution in [2.45, 2.75) is 44.0 Å². The highest BCUT2D eigenvalue weighted by Gasteiger charge is 2.49. The molecule has 25 heavy (non-hydrogen) atoms. The van der Waals surface area contributed by atoms with E-state index >= 15 is 0 Å². The smallest absolute Gasteiger partial charge is 0.306 e. The molecule has 3 rings (SSSR count). The summed E-state index contributed by atoms with van der Waals surface area (Å²) in [6, 6.07) is 10.2. The fraction of sp³-hybridized carbons (Fsp3) is 0.500. The molecule has 1 aliphatic carbocycles. The van der Waals surface area contributed by atoms with Gasteiger partial charge in [-0.05, 0) is 27.1 Å². The molecule has 0 bridgehead atoms. The van der Waals surface area contributed by atoms with Crippen molar-refractivity contribution in [2.24, 2.45) is 11.8 Å². The predicted molar refractivity (Wildman–Crippen MR) is 105 cm³/mol. The molecular weight excluding hydrogens is 353 g/mol. The van der Waals surface area contributed by atoms with Crippen LogP contribution < -0.4 is 0 Å². The van der Waals surface area contributed by atoms with Crippen molar-refractivity contribution < 1.29 is 19.2 Å². The Morgan fingerprint density at radius 1 is 1.44 bits per heavy atom. The Kier molecular flexibility index (Phi) is 7.07. The molecule has 7 heteroatoms. The van der Waals surface area contributed by atoms with E-state index in [9.17, 15) is 9.90 Å². The van der Waals surface area contributed by atoms with Gasteiger partial charge in [0.05, 0.1) is 18.6 Å². The summed E-state index contributed by atoms with van der Waals surface area (Å²) in [6.07, 6.45) is 6.15. The maximum absolute atomic E-state index is 11.6. The van der Waals surface area contributed by atoms with E-state index in [1.54, 1.807) is 0 Å². The molecule has 133 valence electrons. The number of aliphatic hydroxyl groups excluding tert-OH is 1. The van der Waals surface area contributed by atoms with Crippen molar-refractivity contribution >= 4 is 30.5 Å². The number of hydrogen-bond donors (Lipinski definition) is 1. The molecule has 1 radical (unpaired) electrons. The molecule has 7 atom stereocenters. The lowest BCUT2D eigenvalue weighted by Gasteiger charge is -2.20. The first-order valence-electron chi connectivity index (χ1n) is 8.71. The van der Waals surface area contributed by atoms with Gasteiger partial charge in [0.15, 0.2) is 0 Å². The zero-order valence-electron chi connectivity index (χ0n) is 14.1. The second-order valence-electron chi connectivity index (χ2n) is 6.63. The van der Waals surface area contributed by atoms with Crippen molar-refractivity contribution in [2.75, 3.05) is 0 Å². The Morgan fingerprint density at radius 3 is 3.00 bits per heavy atom. The van der Waals surface area contributed by atoms with E-state index in [-0.39, 0.29) is 30.0 Å². The molecule has 3 unspecified atom stereocenters. The minimum Gasteiger partial charge on any atom is -0.462 e. The van der Waals surface area contributed by atoms with Gasteiger partial charge in [0.25, 0.3) is 0 Å². The van der Waals surface area contributed by atoms with Crippen molar-refractivity contribution in [3.63, 3.8) is 0 Å². The summed E-state index contributed by atoms with van der Waals surface area (Å²) in [6.45, 7) is 1.93. The maximum atomic E-state index is 11.6. The average molecular weight is 377 g/mol. The zero-order chi connectivity index (χ0) is 17.6. The SMILES string of the molecule is O=C1C[C@@H]2[C@@H](/C=C/C(O)CCc3ccccc3)[C@H](OP[B]P)C[C@@H]2O1. The molecule has 1 aromatic rings. The summed E-state index contributed by atoms with van der Waals surface area (Å²) in [5, 5.41) is 10.3. The molecule has 1 heterocycles. The molecule has 2 fully saturated rings. The lowest BCUT2D eigenvalue weighted by molar-refractivity contribution is -0.141. The van der Waals surface area contributed by atoms with E-state index in [1.807, 2.05) is 37.1 Å². The Labute approximate surface area is 154 Å². The van der Waals surface area contributed by atoms with Gasteiger partial charge in [-0.25, -0.2) is 0 Å². The molecular formula is C18H24BO4P2. The van der Waals surface area contributed by atoms with Crippen LogP contribution in [0.3, 0.4) is 0 Å². The highest BCUT2D eigenvalue weighted by Crippen LogP contribution is 2.45. The van der Waals surface area contributed by atoms with Crippen LogP contribution in [0, 0.1) is 11.8 Å². The van der Waals surface area contributed by atoms with E-state index in [2.05, 4.69) is 21.3 Å². The van der Waals surface area contributed by atoms with Crippen LogP contribution in [0.25, 0.3) is 0 Å². The summed E-state index contributed by atoms with van der Waals surface area (Å²) in [4.78, 5) is 11.6. The van der Waals surface area contributed by atoms with Crippen LogP contribution in [0.5, 0.6) is 0 Å². The monoisotopic (exact) mass is 377 g/mol. The molecule has 2 aliphatic rings. The third kappa shape index (κ3) is 5.14. The average Bonchev–Trinajstić information content (AvgIpc) is 3.13. The molecule has 1 aromatic carbocycles. The van der Waals surface area contributed by atoms with E-state index in [0.29, 0.717) is 21.5 Å². The number of benzene rings is 1. The van der Waals surface area contributed by atoms with E-state index in [1.165, 1.54) is 5.56 Å². The summed E-state index contributed by atoms with van der Waals surface area (Å²) in [5.41, 5.74) is 1.23. The quantitative estimate of drug-likeness (QED) is 0.328. The largest absolute Gasteiger partial charge is 0.462 e. The van der Waals surface area contributed by atoms with Crippen LogP contribution in [-0.4, -0.2) is 36.1 Å². The zero-order valence-corrected chi connectivity index (χ0v) is 16.2. The van der Waals surface area contributed by atoms with Gasteiger partial charge in [-0.2, -0.15) is 9.12 Å². The Hall–Kier alpha value is -0.725. The highest BCUT2D eigenvalue weighted by atomic mass is 31.1. The molecule has 0 spiro atoms. The summed E-state index contributed by atoms with van der Waals surface area (Å²) < 4.78 is 11.3. The third-order valence-electron chi connectivity index (χ3n) is 4.97. The summed E-state index contributed by atoms with van der Waals surface area (Å²) >= 11 is 0. The van der Waals surface area contributed by atoms with E-state index in [4.69, 9.17) is 9.26 Å². The topological polar surface area (TPSA) is 55.8 Å². The molecule has 1 aliphatic heterocycles. The Morgan fingerprint density at radius 2 is 2.24 bits per heavy atom. The van der Waals surface area contributed by atoms with Gasteiger partial charge in [0.1, 0.15) is 6.10 Å². The van der Waals surface area contributed by atoms with Crippen molar-refractivity contribution in [1.82, 2.24) is 0 Å². The van der Waals surface area contributed by atoms with Gasteiger partial charge in [-0.15, -0.1) is 0 Å². The Bertz CT molecular complexity index is 598. The first-order chi connectivity index (χ1) is 12.2. The minimum absolute atomic E-state index is 0.0390. The number of fused-ring (bicyclic) bond motifs is 1. The van der Waals surface area contributed by atoms with Crippen molar-refractivity contribution in [3.05, 3.63) is 48.0 Å². The van der Waals surface area contributed by atoms with Gasteiger partial charge in [0.2, 0.25) is 6.72 Å². The number of carbonyl (C=O) groups is 1. The summed E-state index contributed by atoms with van der Waals surface area (Å²) in [5.74, 6) is 0.182. The minimum atomic E-state index is -0.492. The van der Waals surface area contributed by atoms with Gasteiger partial charge in [-0.1, -0.05) is 42.5 Å². The first kappa shape index (κ1) is 19.0. The highest BCUT2D eigenvalue weighted by molar-refractivity contribution is 7.92. The van der Waals surface area contributed by atoms with Crippen LogP contribution in [-0.2, 0) is 20.5 Å². The standard InChI is InChI=1S/C18H24BO4P2/c20-13(7-6-12-4-2-1-3-5-12)8-9-14-15-10-18(21)22-16(15)11-17(14)23-25-19-24/h1-5,8-9,13-17,20,25H,6-7,10-11,24H2/b9-8+/t13?,14-,15-,16+,17-/m1/s1. The van der Waals surface area contributed by atoms with Crippen molar-refractivity contribution in [1.29, 1.82) is 0 Å². The molecule has 4 nitrogen and oxygen atoms in total. The van der Waals surface area contributed by atoms with Crippen LogP contribution in [0.15, 0.2) is 42.5 Å². The van der Waals surface area contributed by atoms with Crippen LogP contribution in [0.4, 0.5) is 0 Å². The number of aliphatic hydroxyl groups is 1. The van der Waals surface area contributed by atoms with E-state index in [0.717, 1.165) is 12.8 Å². The fourth-order valence-electron chi connectivity index (χ4n) is 3.73. The maximum Gasteiger partial charge on any atom is 0.306 e. The third-order valence-corrected chi connectivity index (χ3v) is 5.95. The molecule has 1 saturated heterocycles. The van der Waals surface area contributed by atoms with Gasteiger partial charge in [-0.3, -0.25) is 4.79 Å². The van der Waals surface area contributed by atoms with Crippen molar-refractivity contribution in [3.8, 4) is 0 Å². The molecule has 0 aromatic heterocycles. The lowest BCUT2D eigenvalue weighted by atomic mass is 9.91. The number of carbonyl (C=O) groups excluding carboxylic acids is 1. The van der Waals surface area contributed by atoms with Crippen LogP contribution in [0.1, 0.15) is 24.8 Å². The number of esters is 1. The number of ether oxygens (including phenoxy) is 1. The van der Waals surface area contributed by atoms with Gasteiger partial charge in [0, 0.05) is 18.3 Å². The van der Waals surface area contributed by atoms with E-state index < -0.39 is 6.10 Å². The molecule has 0 amide bonds. The number of aryl methyl sites for hydroxylation is 1. The fourth-order valence-corrected chi connectivity index (χ4v) is 4.47. The Balaban J connectivity index is 1.57.